The van der Waals surface area contributed by atoms with Crippen LogP contribution in [0.4, 0.5) is 0 Å². The van der Waals surface area contributed by atoms with Gasteiger partial charge in [0, 0.05) is 13.0 Å². The molecule has 0 unspecified atom stereocenters. The van der Waals surface area contributed by atoms with Crippen molar-refractivity contribution in [1.29, 1.82) is 0 Å². The number of rotatable bonds is 4. The summed E-state index contributed by atoms with van der Waals surface area (Å²) in [6, 6.07) is 6.63. The lowest BCUT2D eigenvalue weighted by Gasteiger charge is -2.11. The maximum absolute atomic E-state index is 10.5. The van der Waals surface area contributed by atoms with Crippen LogP contribution in [-0.4, -0.2) is 23.7 Å². The van der Waals surface area contributed by atoms with Gasteiger partial charge < -0.3 is 15.6 Å². The van der Waals surface area contributed by atoms with Gasteiger partial charge >= 0.3 is 5.97 Å². The number of carbonyl (C=O) groups excluding carboxylic acids is 1. The van der Waals surface area contributed by atoms with Gasteiger partial charge in [-0.2, -0.15) is 0 Å². The van der Waals surface area contributed by atoms with Crippen LogP contribution in [-0.2, 0) is 16.0 Å². The molecule has 0 fully saturated rings. The summed E-state index contributed by atoms with van der Waals surface area (Å²) in [5.74, 6) is -0.117. The van der Waals surface area contributed by atoms with E-state index in [2.05, 4.69) is 0 Å². The van der Waals surface area contributed by atoms with Crippen molar-refractivity contribution in [2.75, 3.05) is 6.61 Å². The molecule has 3 N–H and O–H groups in total. The van der Waals surface area contributed by atoms with Gasteiger partial charge in [0.15, 0.2) is 0 Å². The zero-order chi connectivity index (χ0) is 11.3. The number of phenols is 1. The van der Waals surface area contributed by atoms with Crippen LogP contribution in [0.25, 0.3) is 0 Å². The van der Waals surface area contributed by atoms with E-state index in [1.165, 1.54) is 6.92 Å². The maximum atomic E-state index is 10.5. The van der Waals surface area contributed by atoms with Crippen LogP contribution in [0.3, 0.4) is 0 Å². The number of nitrogens with two attached hydrogens (primary N) is 1. The van der Waals surface area contributed by atoms with Gasteiger partial charge in [-0.05, 0) is 24.1 Å². The van der Waals surface area contributed by atoms with Crippen LogP contribution >= 0.6 is 0 Å². The van der Waals surface area contributed by atoms with Crippen molar-refractivity contribution in [1.82, 2.24) is 0 Å². The molecule has 1 rings (SSSR count). The Morgan fingerprint density at radius 1 is 1.60 bits per heavy atom. The van der Waals surface area contributed by atoms with E-state index in [1.54, 1.807) is 18.2 Å². The summed E-state index contributed by atoms with van der Waals surface area (Å²) in [5, 5.41) is 9.22. The second-order valence-corrected chi connectivity index (χ2v) is 3.44. The molecule has 4 nitrogen and oxygen atoms in total. The highest BCUT2D eigenvalue weighted by molar-refractivity contribution is 5.65. The Bertz CT molecular complexity index is 338. The lowest BCUT2D eigenvalue weighted by Crippen LogP contribution is -2.29. The summed E-state index contributed by atoms with van der Waals surface area (Å²) >= 11 is 0. The van der Waals surface area contributed by atoms with E-state index in [1.807, 2.05) is 6.07 Å². The lowest BCUT2D eigenvalue weighted by atomic mass is 10.1. The van der Waals surface area contributed by atoms with Crippen LogP contribution in [0.2, 0.25) is 0 Å². The average molecular weight is 209 g/mol. The van der Waals surface area contributed by atoms with Crippen molar-refractivity contribution in [3.8, 4) is 5.75 Å². The summed E-state index contributed by atoms with van der Waals surface area (Å²) < 4.78 is 4.78. The van der Waals surface area contributed by atoms with Crippen molar-refractivity contribution < 1.29 is 14.6 Å². The molecule has 0 bridgehead atoms. The molecule has 0 aromatic heterocycles. The first-order valence-corrected chi connectivity index (χ1v) is 4.75. The molecule has 0 aliphatic carbocycles. The van der Waals surface area contributed by atoms with Gasteiger partial charge in [0.1, 0.15) is 12.4 Å². The molecule has 1 aromatic carbocycles. The first kappa shape index (κ1) is 11.5. The Hall–Kier alpha value is -1.55. The number of carbonyl (C=O) groups is 1. The zero-order valence-corrected chi connectivity index (χ0v) is 8.64. The molecule has 0 saturated carbocycles. The molecule has 0 spiro atoms. The summed E-state index contributed by atoms with van der Waals surface area (Å²) in [4.78, 5) is 10.5. The van der Waals surface area contributed by atoms with Crippen molar-refractivity contribution in [3.05, 3.63) is 29.8 Å². The summed E-state index contributed by atoms with van der Waals surface area (Å²) in [7, 11) is 0. The third-order valence-corrected chi connectivity index (χ3v) is 1.91. The molecule has 0 amide bonds. The van der Waals surface area contributed by atoms with Gasteiger partial charge in [0.2, 0.25) is 0 Å². The normalized spacial score (nSPS) is 12.1. The lowest BCUT2D eigenvalue weighted by molar-refractivity contribution is -0.141. The standard InChI is InChI=1S/C11H15NO3/c1-8(13)15-7-10(12)5-9-3-2-4-11(14)6-9/h2-4,6,10,14H,5,7,12H2,1H3/t10-/m1/s1. The second-order valence-electron chi connectivity index (χ2n) is 3.44. The van der Waals surface area contributed by atoms with E-state index in [0.29, 0.717) is 6.42 Å². The number of benzene rings is 1. The van der Waals surface area contributed by atoms with E-state index < -0.39 is 0 Å². The van der Waals surface area contributed by atoms with Crippen LogP contribution in [0.5, 0.6) is 5.75 Å². The molecule has 4 heteroatoms. The minimum Gasteiger partial charge on any atom is -0.508 e. The number of ether oxygens (including phenoxy) is 1. The Balaban J connectivity index is 2.44. The van der Waals surface area contributed by atoms with Crippen LogP contribution < -0.4 is 5.73 Å². The van der Waals surface area contributed by atoms with E-state index in [9.17, 15) is 9.90 Å². The van der Waals surface area contributed by atoms with Crippen LogP contribution in [0.15, 0.2) is 24.3 Å². The minimum atomic E-state index is -0.332. The zero-order valence-electron chi connectivity index (χ0n) is 8.64. The van der Waals surface area contributed by atoms with Crippen LogP contribution in [0, 0.1) is 0 Å². The predicted molar refractivity (Wildman–Crippen MR) is 56.4 cm³/mol. The van der Waals surface area contributed by atoms with E-state index >= 15 is 0 Å². The highest BCUT2D eigenvalue weighted by Gasteiger charge is 2.06. The third kappa shape index (κ3) is 4.46. The Kier molecular flexibility index (Phi) is 4.12. The van der Waals surface area contributed by atoms with Gasteiger partial charge in [0.25, 0.3) is 0 Å². The van der Waals surface area contributed by atoms with E-state index in [4.69, 9.17) is 10.5 Å². The molecule has 0 aliphatic heterocycles. The Morgan fingerprint density at radius 3 is 2.93 bits per heavy atom. The van der Waals surface area contributed by atoms with Crippen molar-refractivity contribution in [2.24, 2.45) is 5.73 Å². The molecule has 0 aliphatic rings. The SMILES string of the molecule is CC(=O)OC[C@H](N)Cc1cccc(O)c1. The first-order valence-electron chi connectivity index (χ1n) is 4.75. The van der Waals surface area contributed by atoms with E-state index in [-0.39, 0.29) is 24.4 Å². The highest BCUT2D eigenvalue weighted by Crippen LogP contribution is 2.12. The fraction of sp³-hybridized carbons (Fsp3) is 0.364. The predicted octanol–water partition coefficient (Wildman–Crippen LogP) is 0.825. The topological polar surface area (TPSA) is 72.5 Å². The monoisotopic (exact) mass is 209 g/mol. The first-order chi connectivity index (χ1) is 7.08. The second kappa shape index (κ2) is 5.36. The van der Waals surface area contributed by atoms with Gasteiger partial charge in [-0.3, -0.25) is 4.79 Å². The summed E-state index contributed by atoms with van der Waals surface area (Å²) in [5.41, 5.74) is 6.67. The fourth-order valence-electron chi connectivity index (χ4n) is 1.27. The quantitative estimate of drug-likeness (QED) is 0.720. The van der Waals surface area contributed by atoms with Gasteiger partial charge in [-0.15, -0.1) is 0 Å². The third-order valence-electron chi connectivity index (χ3n) is 1.91. The summed E-state index contributed by atoms with van der Waals surface area (Å²) in [6.07, 6.45) is 0.571. The van der Waals surface area contributed by atoms with Gasteiger partial charge in [0.05, 0.1) is 0 Å². The molecule has 15 heavy (non-hydrogen) atoms. The molecule has 1 aromatic rings. The Morgan fingerprint density at radius 2 is 2.33 bits per heavy atom. The maximum Gasteiger partial charge on any atom is 0.302 e. The number of hydrogen-bond donors (Lipinski definition) is 2. The van der Waals surface area contributed by atoms with Gasteiger partial charge in [-0.25, -0.2) is 0 Å². The van der Waals surface area contributed by atoms with Crippen LogP contribution in [0.1, 0.15) is 12.5 Å². The molecular formula is C11H15NO3. The van der Waals surface area contributed by atoms with Crippen molar-refractivity contribution >= 4 is 5.97 Å². The largest absolute Gasteiger partial charge is 0.508 e. The molecule has 1 atom stereocenters. The van der Waals surface area contributed by atoms with E-state index in [0.717, 1.165) is 5.56 Å². The summed E-state index contributed by atoms with van der Waals surface area (Å²) in [6.45, 7) is 1.55. The highest BCUT2D eigenvalue weighted by atomic mass is 16.5. The minimum absolute atomic E-state index is 0.199. The van der Waals surface area contributed by atoms with Crippen molar-refractivity contribution in [3.63, 3.8) is 0 Å². The number of hydrogen-bond acceptors (Lipinski definition) is 4. The number of phenolic OH excluding ortho intramolecular Hbond substituents is 1. The fourth-order valence-corrected chi connectivity index (χ4v) is 1.27. The average Bonchev–Trinajstić information content (AvgIpc) is 2.15. The Labute approximate surface area is 88.7 Å². The molecule has 0 saturated heterocycles. The van der Waals surface area contributed by atoms with Gasteiger partial charge in [-0.1, -0.05) is 12.1 Å². The molecule has 0 radical (unpaired) electrons. The smallest absolute Gasteiger partial charge is 0.302 e. The van der Waals surface area contributed by atoms with Crippen molar-refractivity contribution in [2.45, 2.75) is 19.4 Å². The number of aromatic hydroxyl groups is 1. The molecule has 0 heterocycles. The number of esters is 1. The molecular weight excluding hydrogens is 194 g/mol. The molecule has 82 valence electrons.